The third kappa shape index (κ3) is 59.7. The van der Waals surface area contributed by atoms with Crippen molar-refractivity contribution in [3.05, 3.63) is 0 Å². The van der Waals surface area contributed by atoms with Crippen LogP contribution in [0.5, 0.6) is 0 Å². The largest absolute Gasteiger partial charge is 2.00 e. The Morgan fingerprint density at radius 1 is 0.429 bits per heavy atom. The van der Waals surface area contributed by atoms with Crippen molar-refractivity contribution < 1.29 is 79.1 Å². The zero-order valence-corrected chi connectivity index (χ0v) is 7.13. The van der Waals surface area contributed by atoms with E-state index < -0.39 is 0 Å². The summed E-state index contributed by atoms with van der Waals surface area (Å²) in [5.74, 6) is 0. The number of hydrogen-bond donors (Lipinski definition) is 0. The Morgan fingerprint density at radius 3 is 0.429 bits per heavy atom. The van der Waals surface area contributed by atoms with Gasteiger partial charge in [0.15, 0.2) is 0 Å². The third-order valence-corrected chi connectivity index (χ3v) is 0. The molecule has 0 unspecified atom stereocenters. The average Bonchev–Trinajstić information content (AvgIpc) is 0. The van der Waals surface area contributed by atoms with E-state index in [0.717, 1.165) is 0 Å². The molecule has 0 radical (unpaired) electrons. The maximum absolute atomic E-state index is 0. The van der Waals surface area contributed by atoms with Crippen molar-refractivity contribution in [2.75, 3.05) is 0 Å². The molecule has 0 bridgehead atoms. The average molecular weight is 270 g/mol. The van der Waals surface area contributed by atoms with Crippen LogP contribution in [0.4, 0.5) is 0 Å². The molecule has 0 saturated heterocycles. The topological polar surface area (TPSA) is 0 Å². The van der Waals surface area contributed by atoms with E-state index >= 15 is 0 Å². The molecule has 0 N–H and O–H groups in total. The van der Waals surface area contributed by atoms with Gasteiger partial charge in [-0.25, -0.2) is 0 Å². The van der Waals surface area contributed by atoms with Gasteiger partial charge in [-0.2, -0.15) is 0 Å². The third-order valence-electron chi connectivity index (χ3n) is 0. The van der Waals surface area contributed by atoms with Crippen molar-refractivity contribution in [1.82, 2.24) is 0 Å². The SMILES string of the molecule is [Cl-].[Cl-].[Cl-].[Cl-].[Cl-].[Fe+2].[PH6+3]. The minimum Gasteiger partial charge on any atom is -1.00 e. The fraction of sp³-hybridized carbons (Fsp3) is 0. The molecule has 0 aromatic rings. The Morgan fingerprint density at radius 2 is 0.429 bits per heavy atom. The molecule has 0 saturated carbocycles. The standard InChI is InChI=1S/5ClH.Fe.H6P/h5*1H;;1H6/q;;;;;+2;+3/p-5. The molecule has 7 heavy (non-hydrogen) atoms. The Hall–Kier alpha value is 2.40. The molecule has 0 fully saturated rings. The van der Waals surface area contributed by atoms with Crippen LogP contribution in [0.1, 0.15) is 0 Å². The van der Waals surface area contributed by atoms with Crippen molar-refractivity contribution in [3.63, 3.8) is 0 Å². The Labute approximate surface area is 88.5 Å². The predicted molar refractivity (Wildman–Crippen MR) is 15.3 cm³/mol. The van der Waals surface area contributed by atoms with Crippen molar-refractivity contribution in [3.8, 4) is 0 Å². The first-order valence-electron chi connectivity index (χ1n) is 0. The molecular weight excluding hydrogens is 264 g/mol. The van der Waals surface area contributed by atoms with Gasteiger partial charge < -0.3 is 62.0 Å². The summed E-state index contributed by atoms with van der Waals surface area (Å²) in [6, 6.07) is 0. The van der Waals surface area contributed by atoms with Crippen LogP contribution in [-0.4, -0.2) is 0 Å². The fourth-order valence-corrected chi connectivity index (χ4v) is 0. The molecule has 0 nitrogen and oxygen atoms in total. The first kappa shape index (κ1) is 115. The van der Waals surface area contributed by atoms with E-state index in [4.69, 9.17) is 0 Å². The van der Waals surface area contributed by atoms with Crippen LogP contribution in [0, 0.1) is 0 Å². The normalized spacial score (nSPS) is 0. The quantitative estimate of drug-likeness (QED) is 0.303. The van der Waals surface area contributed by atoms with Gasteiger partial charge in [-0.05, 0) is 0 Å². The molecule has 54 valence electrons. The molecule has 0 amide bonds. The van der Waals surface area contributed by atoms with Crippen LogP contribution in [0.2, 0.25) is 0 Å². The summed E-state index contributed by atoms with van der Waals surface area (Å²) in [5.41, 5.74) is 0. The molecule has 7 heteroatoms. The monoisotopic (exact) mass is 268 g/mol. The first-order valence-corrected chi connectivity index (χ1v) is 0. The second kappa shape index (κ2) is 79.9. The van der Waals surface area contributed by atoms with E-state index in [9.17, 15) is 0 Å². The molecule has 0 aliphatic carbocycles. The maximum atomic E-state index is 0. The van der Waals surface area contributed by atoms with E-state index in [-0.39, 0.29) is 89.0 Å². The van der Waals surface area contributed by atoms with E-state index in [1.807, 2.05) is 0 Å². The van der Waals surface area contributed by atoms with E-state index in [0.29, 0.717) is 0 Å². The zero-order chi connectivity index (χ0) is 0. The summed E-state index contributed by atoms with van der Waals surface area (Å²) < 4.78 is 0. The summed E-state index contributed by atoms with van der Waals surface area (Å²) in [5, 5.41) is 0. The van der Waals surface area contributed by atoms with Gasteiger partial charge in [0.25, 0.3) is 0 Å². The van der Waals surface area contributed by atoms with E-state index in [1.165, 1.54) is 0 Å². The molecule has 0 heterocycles. The fourth-order valence-electron chi connectivity index (χ4n) is 0. The van der Waals surface area contributed by atoms with Crippen LogP contribution in [0.3, 0.4) is 0 Å². The summed E-state index contributed by atoms with van der Waals surface area (Å²) in [4.78, 5) is 0. The second-order valence-corrected chi connectivity index (χ2v) is 0. The van der Waals surface area contributed by atoms with E-state index in [2.05, 4.69) is 0 Å². The van der Waals surface area contributed by atoms with Gasteiger partial charge in [0.05, 0.1) is 0 Å². The molecule has 0 rings (SSSR count). The first-order chi connectivity index (χ1) is 0. The second-order valence-electron chi connectivity index (χ2n) is 0. The van der Waals surface area contributed by atoms with Crippen LogP contribution >= 0.6 is 9.90 Å². The Kier molecular flexibility index (Phi) is 1310. The molecule has 0 aliphatic rings. The molecular formula is H6Cl5FeP. The van der Waals surface area contributed by atoms with Gasteiger partial charge in [-0.3, -0.25) is 9.90 Å². The molecule has 0 aliphatic heterocycles. The van der Waals surface area contributed by atoms with Crippen molar-refractivity contribution in [2.24, 2.45) is 0 Å². The number of rotatable bonds is 0. The molecule has 0 aromatic heterocycles. The minimum absolute atomic E-state index is 0. The van der Waals surface area contributed by atoms with Crippen LogP contribution in [-0.2, 0) is 17.1 Å². The van der Waals surface area contributed by atoms with Gasteiger partial charge in [-0.1, -0.05) is 0 Å². The van der Waals surface area contributed by atoms with Crippen LogP contribution in [0.25, 0.3) is 0 Å². The zero-order valence-electron chi connectivity index (χ0n) is 2.24. The molecule has 0 aromatic carbocycles. The van der Waals surface area contributed by atoms with Gasteiger partial charge in [-0.15, -0.1) is 0 Å². The molecule has 0 spiro atoms. The summed E-state index contributed by atoms with van der Waals surface area (Å²) >= 11 is 0. The smallest absolute Gasteiger partial charge is 1.00 e. The summed E-state index contributed by atoms with van der Waals surface area (Å²) in [7, 11) is 0. The predicted octanol–water partition coefficient (Wildman–Crippen LogP) is -15.7. The van der Waals surface area contributed by atoms with Crippen molar-refractivity contribution in [1.29, 1.82) is 0 Å². The van der Waals surface area contributed by atoms with Gasteiger partial charge in [0.2, 0.25) is 0 Å². The summed E-state index contributed by atoms with van der Waals surface area (Å²) in [6.07, 6.45) is 0. The summed E-state index contributed by atoms with van der Waals surface area (Å²) in [6.45, 7) is 0. The van der Waals surface area contributed by atoms with Crippen LogP contribution < -0.4 is 62.0 Å². The van der Waals surface area contributed by atoms with Crippen molar-refractivity contribution >= 4 is 9.90 Å². The maximum Gasteiger partial charge on any atom is 2.00 e. The van der Waals surface area contributed by atoms with Crippen LogP contribution in [0.15, 0.2) is 0 Å². The van der Waals surface area contributed by atoms with Gasteiger partial charge >= 0.3 is 17.1 Å². The Balaban J connectivity index is 0. The number of halogens is 5. The number of hydrogen-bond acceptors (Lipinski definition) is 0. The van der Waals surface area contributed by atoms with Crippen molar-refractivity contribution in [2.45, 2.75) is 0 Å². The Bertz CT molecular complexity index is 8.04. The molecule has 0 atom stereocenters. The minimum atomic E-state index is 0. The van der Waals surface area contributed by atoms with E-state index in [1.54, 1.807) is 0 Å². The van der Waals surface area contributed by atoms with Gasteiger partial charge in [0.1, 0.15) is 0 Å². The van der Waals surface area contributed by atoms with Gasteiger partial charge in [0, 0.05) is 0 Å².